The fourth-order valence-electron chi connectivity index (χ4n) is 0. The summed E-state index contributed by atoms with van der Waals surface area (Å²) in [6.45, 7) is 0. The minimum atomic E-state index is 0. The summed E-state index contributed by atoms with van der Waals surface area (Å²) in [5, 5.41) is 0. The van der Waals surface area contributed by atoms with Crippen molar-refractivity contribution in [3.8, 4) is 0 Å². The van der Waals surface area contributed by atoms with Gasteiger partial charge >= 0.3 is 22.4 Å². The topological polar surface area (TPSA) is 0 Å². The Morgan fingerprint density at radius 1 is 0.333 bits per heavy atom. The largest absolute Gasteiger partial charge is 5.00 e. The molecule has 0 heterocycles. The van der Waals surface area contributed by atoms with Crippen molar-refractivity contribution in [2.45, 2.75) is 0 Å². The minimum absolute atomic E-state index is 0. The van der Waals surface area contributed by atoms with Crippen LogP contribution in [0, 0.1) is 37.1 Å². The van der Waals surface area contributed by atoms with Crippen LogP contribution < -0.4 is 0 Å². The quantitative estimate of drug-likeness (QED) is 0.384. The first-order valence-corrected chi connectivity index (χ1v) is 0. The van der Waals surface area contributed by atoms with Crippen LogP contribution in [0.25, 0.3) is 0 Å². The fraction of sp³-hybridized carbons (Fsp3) is 0. The van der Waals surface area contributed by atoms with Gasteiger partial charge in [-0.05, 0) is 0 Å². The van der Waals surface area contributed by atoms with Crippen molar-refractivity contribution < 1.29 is 22.4 Å². The molecule has 0 unspecified atom stereocenters. The third-order valence-corrected chi connectivity index (χ3v) is 0. The van der Waals surface area contributed by atoms with Gasteiger partial charge in [0.15, 0.2) is 0 Å². The van der Waals surface area contributed by atoms with E-state index < -0.39 is 0 Å². The summed E-state index contributed by atoms with van der Waals surface area (Å²) in [5.41, 5.74) is 0. The molecule has 40 valence electrons. The molecular weight excluding hydrogens is 153 g/mol. The van der Waals surface area contributed by atoms with E-state index in [0.717, 1.165) is 0 Å². The zero-order valence-electron chi connectivity index (χ0n) is 5.45. The van der Waals surface area contributed by atoms with E-state index in [4.69, 9.17) is 0 Å². The van der Waals surface area contributed by atoms with Crippen LogP contribution in [0.15, 0.2) is 0 Å². The van der Waals surface area contributed by atoms with Crippen LogP contribution >= 0.6 is 0 Å². The summed E-state index contributed by atoms with van der Waals surface area (Å²) in [6, 6.07) is 0. The maximum absolute atomic E-state index is 0. The van der Waals surface area contributed by atoms with Crippen molar-refractivity contribution in [3.63, 3.8) is 0 Å². The molecule has 0 aliphatic heterocycles. The predicted octanol–water partition coefficient (Wildman–Crippen LogP) is 2.25. The van der Waals surface area contributed by atoms with E-state index in [1.807, 2.05) is 0 Å². The summed E-state index contributed by atoms with van der Waals surface area (Å²) in [7, 11) is 0. The molecule has 0 aromatic heterocycles. The molecule has 0 nitrogen and oxygen atoms in total. The van der Waals surface area contributed by atoms with Gasteiger partial charge in [-0.15, -0.1) is 0 Å². The van der Waals surface area contributed by atoms with Crippen molar-refractivity contribution in [2.24, 2.45) is 0 Å². The average Bonchev–Trinajstić information content (AvgIpc) is 0. The summed E-state index contributed by atoms with van der Waals surface area (Å²) < 4.78 is 0. The van der Waals surface area contributed by atoms with Crippen molar-refractivity contribution >= 4 is 0 Å². The zero-order chi connectivity index (χ0) is 0. The first kappa shape index (κ1) is 405. The van der Waals surface area contributed by atoms with Crippen LogP contribution in [-0.4, -0.2) is 0 Å². The Labute approximate surface area is 59.9 Å². The van der Waals surface area contributed by atoms with Gasteiger partial charge in [-0.1, -0.05) is 0 Å². The zero-order valence-corrected chi connectivity index (χ0v) is 7.65. The molecule has 0 bridgehead atoms. The van der Waals surface area contributed by atoms with E-state index >= 15 is 0 Å². The van der Waals surface area contributed by atoms with E-state index in [9.17, 15) is 0 Å². The number of hydrogen-bond donors (Lipinski definition) is 0. The van der Waals surface area contributed by atoms with E-state index in [0.29, 0.717) is 0 Å². The van der Waals surface area contributed by atoms with Gasteiger partial charge in [-0.3, -0.25) is 0 Å². The molecule has 6 heavy (non-hydrogen) atoms. The molecule has 0 amide bonds. The van der Waals surface area contributed by atoms with E-state index in [-0.39, 0.29) is 59.5 Å². The Morgan fingerprint density at radius 3 is 0.333 bits per heavy atom. The second-order valence-corrected chi connectivity index (χ2v) is 0. The van der Waals surface area contributed by atoms with Crippen molar-refractivity contribution in [1.29, 1.82) is 0 Å². The Morgan fingerprint density at radius 2 is 0.333 bits per heavy atom. The van der Waals surface area contributed by atoms with Crippen LogP contribution in [-0.2, 0) is 22.4 Å². The summed E-state index contributed by atoms with van der Waals surface area (Å²) in [5.74, 6) is 0. The second kappa shape index (κ2) is 235. The Hall–Kier alpha value is 0.740. The third kappa shape index (κ3) is 121. The van der Waals surface area contributed by atoms with Crippen molar-refractivity contribution in [3.05, 3.63) is 37.1 Å². The molecule has 0 fully saturated rings. The van der Waals surface area contributed by atoms with Crippen LogP contribution in [0.5, 0.6) is 0 Å². The summed E-state index contributed by atoms with van der Waals surface area (Å²) >= 11 is 0. The van der Waals surface area contributed by atoms with Crippen LogP contribution in [0.2, 0.25) is 0 Å². The van der Waals surface area contributed by atoms with E-state index in [1.54, 1.807) is 0 Å². The molecule has 0 aliphatic carbocycles. The molecule has 0 N–H and O–H groups in total. The molecule has 0 spiro atoms. The first-order chi connectivity index (χ1) is 0. The molecule has 0 aliphatic rings. The Kier molecular flexibility index (Phi) is 15900. The van der Waals surface area contributed by atoms with E-state index in [1.165, 1.54) is 0 Å². The second-order valence-electron chi connectivity index (χ2n) is 0. The maximum Gasteiger partial charge on any atom is 5.00 e. The fourth-order valence-corrected chi connectivity index (χ4v) is 0. The van der Waals surface area contributed by atoms with Gasteiger partial charge in [0.05, 0.1) is 0 Å². The molecule has 0 aromatic carbocycles. The number of rotatable bonds is 0. The molecule has 0 saturated heterocycles. The monoisotopic (exact) mass is 168 g/mol. The molecule has 0 radical (unpaired) electrons. The smallest absolute Gasteiger partial charge is 0.358 e. The SMILES string of the molecule is [CH3-].[CH3-].[CH3-].[CH3-].[CH3-].[Nb+5]. The molecule has 0 saturated carbocycles. The van der Waals surface area contributed by atoms with Crippen LogP contribution in [0.4, 0.5) is 0 Å². The van der Waals surface area contributed by atoms with Gasteiger partial charge in [0.1, 0.15) is 0 Å². The molecule has 1 heteroatoms. The normalized spacial score (nSPS) is 0. The van der Waals surface area contributed by atoms with Gasteiger partial charge in [-0.2, -0.15) is 0 Å². The minimum Gasteiger partial charge on any atom is -0.358 e. The summed E-state index contributed by atoms with van der Waals surface area (Å²) in [6.07, 6.45) is 0. The van der Waals surface area contributed by atoms with Crippen LogP contribution in [0.3, 0.4) is 0 Å². The number of hydrogen-bond acceptors (Lipinski definition) is 0. The first-order valence-electron chi connectivity index (χ1n) is 0. The third-order valence-electron chi connectivity index (χ3n) is 0. The van der Waals surface area contributed by atoms with Gasteiger partial charge in [-0.25, -0.2) is 0 Å². The standard InChI is InChI=1S/5CH3.Nb/h5*1H3;/q5*-1;+5. The summed E-state index contributed by atoms with van der Waals surface area (Å²) in [4.78, 5) is 0. The molecular formula is C5H15Nb. The van der Waals surface area contributed by atoms with Gasteiger partial charge in [0.2, 0.25) is 0 Å². The van der Waals surface area contributed by atoms with E-state index in [2.05, 4.69) is 0 Å². The van der Waals surface area contributed by atoms with Gasteiger partial charge in [0.25, 0.3) is 0 Å². The average molecular weight is 168 g/mol. The van der Waals surface area contributed by atoms with Crippen molar-refractivity contribution in [1.82, 2.24) is 0 Å². The Balaban J connectivity index is 0. The maximum atomic E-state index is 0. The predicted molar refractivity (Wildman–Crippen MR) is 32.1 cm³/mol. The molecule has 0 atom stereocenters. The van der Waals surface area contributed by atoms with Gasteiger partial charge < -0.3 is 37.1 Å². The van der Waals surface area contributed by atoms with Gasteiger partial charge in [0, 0.05) is 0 Å². The molecule has 0 rings (SSSR count). The van der Waals surface area contributed by atoms with Crippen LogP contribution in [0.1, 0.15) is 0 Å². The van der Waals surface area contributed by atoms with Crippen molar-refractivity contribution in [2.75, 3.05) is 0 Å². The molecule has 0 aromatic rings. The Bertz CT molecular complexity index is 3.90.